The van der Waals surface area contributed by atoms with E-state index in [4.69, 9.17) is 10.1 Å². The molecule has 2 amide bonds. The van der Waals surface area contributed by atoms with Gasteiger partial charge in [0.2, 0.25) is 17.8 Å². The summed E-state index contributed by atoms with van der Waals surface area (Å²) in [6, 6.07) is 6.35. The number of aryl methyl sites for hydroxylation is 2. The molecule has 2 aromatic heterocycles. The Hall–Kier alpha value is -3.52. The number of hydrogen-bond donors (Lipinski definition) is 2. The summed E-state index contributed by atoms with van der Waals surface area (Å²) in [6.45, 7) is 1.99. The molecule has 1 fully saturated rings. The third kappa shape index (κ3) is 4.55. The van der Waals surface area contributed by atoms with Gasteiger partial charge in [0, 0.05) is 50.3 Å². The number of aromatic nitrogens is 4. The Balaban J connectivity index is 1.52. The molecule has 11 heteroatoms. The van der Waals surface area contributed by atoms with Gasteiger partial charge in [0.05, 0.1) is 17.1 Å². The molecule has 1 aliphatic carbocycles. The molecule has 3 heterocycles. The van der Waals surface area contributed by atoms with E-state index in [1.807, 2.05) is 19.1 Å². The van der Waals surface area contributed by atoms with Crippen LogP contribution >= 0.6 is 15.9 Å². The first kappa shape index (κ1) is 25.1. The largest absolute Gasteiger partial charge is 0.359 e. The van der Waals surface area contributed by atoms with E-state index in [9.17, 15) is 14.9 Å². The quantitative estimate of drug-likeness (QED) is 0.467. The Labute approximate surface area is 223 Å². The van der Waals surface area contributed by atoms with Crippen molar-refractivity contribution < 1.29 is 9.59 Å². The van der Waals surface area contributed by atoms with Crippen LogP contribution in [0.1, 0.15) is 50.2 Å². The number of carbonyl (C=O) groups is 2. The molecule has 1 aromatic carbocycles. The second kappa shape index (κ2) is 9.74. The van der Waals surface area contributed by atoms with Gasteiger partial charge in [-0.25, -0.2) is 9.67 Å². The number of carbonyl (C=O) groups excluding carboxylic acids is 2. The molecule has 1 aliphatic heterocycles. The van der Waals surface area contributed by atoms with Crippen molar-refractivity contribution in [3.63, 3.8) is 0 Å². The molecule has 2 N–H and O–H groups in total. The second-order valence-electron chi connectivity index (χ2n) is 10.1. The number of nitrogens with zero attached hydrogens (tertiary/aromatic N) is 6. The van der Waals surface area contributed by atoms with Gasteiger partial charge < -0.3 is 15.5 Å². The lowest BCUT2D eigenvalue weighted by atomic mass is 9.87. The van der Waals surface area contributed by atoms with E-state index in [1.54, 1.807) is 29.9 Å². The van der Waals surface area contributed by atoms with Gasteiger partial charge in [0.15, 0.2) is 5.65 Å². The summed E-state index contributed by atoms with van der Waals surface area (Å²) in [7, 11) is 3.46. The monoisotopic (exact) mass is 564 g/mol. The summed E-state index contributed by atoms with van der Waals surface area (Å²) < 4.78 is 2.41. The van der Waals surface area contributed by atoms with E-state index in [-0.39, 0.29) is 17.9 Å². The molecule has 37 heavy (non-hydrogen) atoms. The van der Waals surface area contributed by atoms with Crippen molar-refractivity contribution in [3.05, 3.63) is 34.1 Å². The molecule has 1 saturated carbocycles. The topological polar surface area (TPSA) is 129 Å². The van der Waals surface area contributed by atoms with E-state index < -0.39 is 5.41 Å². The number of rotatable bonds is 6. The molecule has 0 bridgehead atoms. The maximum absolute atomic E-state index is 12.4. The Kier molecular flexibility index (Phi) is 6.62. The Morgan fingerprint density at radius 1 is 1.35 bits per heavy atom. The number of amides is 2. The molecule has 0 unspecified atom stereocenters. The zero-order valence-corrected chi connectivity index (χ0v) is 22.7. The van der Waals surface area contributed by atoms with Gasteiger partial charge in [-0.05, 0) is 71.3 Å². The van der Waals surface area contributed by atoms with E-state index in [2.05, 4.69) is 37.6 Å². The summed E-state index contributed by atoms with van der Waals surface area (Å²) in [6.07, 6.45) is 6.08. The predicted octanol–water partition coefficient (Wildman–Crippen LogP) is 3.66. The van der Waals surface area contributed by atoms with Crippen molar-refractivity contribution in [3.8, 4) is 11.8 Å². The fraction of sp³-hybridized carbons (Fsp3) is 0.462. The van der Waals surface area contributed by atoms with Crippen molar-refractivity contribution in [2.75, 3.05) is 24.3 Å². The van der Waals surface area contributed by atoms with E-state index in [1.165, 1.54) is 0 Å². The minimum absolute atomic E-state index is 0.0575. The third-order valence-electron chi connectivity index (χ3n) is 7.55. The van der Waals surface area contributed by atoms with Crippen LogP contribution in [0.15, 0.2) is 22.9 Å². The summed E-state index contributed by atoms with van der Waals surface area (Å²) in [5.74, 6) is 0.621. The first-order valence-electron chi connectivity index (χ1n) is 12.4. The maximum Gasteiger partial charge on any atom is 0.227 e. The number of nitriles is 1. The van der Waals surface area contributed by atoms with Gasteiger partial charge in [0.25, 0.3) is 0 Å². The molecule has 0 radical (unpaired) electrons. The van der Waals surface area contributed by atoms with Crippen LogP contribution in [-0.4, -0.2) is 51.7 Å². The summed E-state index contributed by atoms with van der Waals surface area (Å²) in [5.41, 5.74) is 3.95. The number of benzene rings is 1. The minimum Gasteiger partial charge on any atom is -0.359 e. The van der Waals surface area contributed by atoms with Gasteiger partial charge in [-0.1, -0.05) is 6.92 Å². The summed E-state index contributed by atoms with van der Waals surface area (Å²) in [5, 5.41) is 20.9. The van der Waals surface area contributed by atoms with Gasteiger partial charge in [-0.3, -0.25) is 9.59 Å². The highest BCUT2D eigenvalue weighted by Gasteiger charge is 2.41. The maximum atomic E-state index is 12.4. The van der Waals surface area contributed by atoms with Gasteiger partial charge >= 0.3 is 0 Å². The van der Waals surface area contributed by atoms with E-state index >= 15 is 0 Å². The number of anilines is 2. The molecule has 3 aromatic rings. The smallest absolute Gasteiger partial charge is 0.227 e. The average molecular weight is 565 g/mol. The number of nitrogens with one attached hydrogen (secondary N) is 2. The molecule has 0 spiro atoms. The zero-order chi connectivity index (χ0) is 26.3. The van der Waals surface area contributed by atoms with Gasteiger partial charge in [-0.2, -0.15) is 15.3 Å². The lowest BCUT2D eigenvalue weighted by Gasteiger charge is -2.29. The fourth-order valence-corrected chi connectivity index (χ4v) is 6.01. The summed E-state index contributed by atoms with van der Waals surface area (Å²) >= 11 is 3.55. The van der Waals surface area contributed by atoms with Crippen LogP contribution in [0, 0.1) is 16.7 Å². The summed E-state index contributed by atoms with van der Waals surface area (Å²) in [4.78, 5) is 35.7. The second-order valence-corrected chi connectivity index (χ2v) is 10.8. The van der Waals surface area contributed by atoms with E-state index in [0.29, 0.717) is 48.3 Å². The Morgan fingerprint density at radius 3 is 2.92 bits per heavy atom. The van der Waals surface area contributed by atoms with Gasteiger partial charge in [-0.15, -0.1) is 0 Å². The minimum atomic E-state index is -0.404. The molecule has 5 rings (SSSR count). The van der Waals surface area contributed by atoms with Crippen molar-refractivity contribution >= 4 is 50.4 Å². The van der Waals surface area contributed by atoms with Crippen LogP contribution in [-0.2, 0) is 22.4 Å². The van der Waals surface area contributed by atoms with Crippen molar-refractivity contribution in [1.82, 2.24) is 25.1 Å². The van der Waals surface area contributed by atoms with Gasteiger partial charge in [0.1, 0.15) is 4.60 Å². The molecule has 10 nitrogen and oxygen atoms in total. The molecule has 2 atom stereocenters. The highest BCUT2D eigenvalue weighted by molar-refractivity contribution is 9.10. The van der Waals surface area contributed by atoms with Crippen LogP contribution in [0.25, 0.3) is 16.7 Å². The highest BCUT2D eigenvalue weighted by Crippen LogP contribution is 2.39. The molecule has 2 aliphatic rings. The third-order valence-corrected chi connectivity index (χ3v) is 8.14. The first-order chi connectivity index (χ1) is 17.7. The van der Waals surface area contributed by atoms with Crippen LogP contribution in [0.3, 0.4) is 0 Å². The Morgan fingerprint density at radius 2 is 2.16 bits per heavy atom. The van der Waals surface area contributed by atoms with Crippen LogP contribution < -0.4 is 15.5 Å². The van der Waals surface area contributed by atoms with Crippen LogP contribution in [0.5, 0.6) is 0 Å². The Bertz CT molecular complexity index is 1440. The van der Waals surface area contributed by atoms with Crippen LogP contribution in [0.4, 0.5) is 11.6 Å². The zero-order valence-electron chi connectivity index (χ0n) is 21.1. The van der Waals surface area contributed by atoms with E-state index in [0.717, 1.165) is 40.7 Å². The molecular weight excluding hydrogens is 536 g/mol. The molecule has 0 saturated heterocycles. The standard InChI is InChI=1S/C26H29BrN8O2/c1-26(24(37)29-2)9-8-17(13-26)31-25-30-14-19-22(27)33-35(23(19)32-25)18-11-15(5-4-10-28)21-16(12-18)6-7-20(36)34(21)3/h11-12,14,17H,4-9,13H2,1-3H3,(H,29,37)(H,30,31,32)/t17-,26-/m1/s1. The molecule has 192 valence electrons. The van der Waals surface area contributed by atoms with Crippen molar-refractivity contribution in [2.24, 2.45) is 5.41 Å². The molecular formula is C26H29BrN8O2. The predicted molar refractivity (Wildman–Crippen MR) is 143 cm³/mol. The first-order valence-corrected chi connectivity index (χ1v) is 13.2. The average Bonchev–Trinajstić information content (AvgIpc) is 3.44. The van der Waals surface area contributed by atoms with Crippen LogP contribution in [0.2, 0.25) is 0 Å². The normalized spacial score (nSPS) is 21.1. The number of fused-ring (bicyclic) bond motifs is 2. The number of hydrogen-bond acceptors (Lipinski definition) is 7. The lowest BCUT2D eigenvalue weighted by molar-refractivity contribution is -0.129. The fourth-order valence-electron chi connectivity index (χ4n) is 5.57. The SMILES string of the molecule is CNC(=O)[C@]1(C)CC[C@@H](Nc2ncc3c(Br)nn(-c4cc(CCC#N)c5c(c4)CCC(=O)N5C)c3n2)C1. The lowest BCUT2D eigenvalue weighted by Crippen LogP contribution is -2.35. The highest BCUT2D eigenvalue weighted by atomic mass is 79.9. The van der Waals surface area contributed by atoms with Crippen molar-refractivity contribution in [1.29, 1.82) is 5.26 Å². The van der Waals surface area contributed by atoms with Crippen molar-refractivity contribution in [2.45, 2.75) is 57.9 Å². The number of halogens is 1.